The predicted molar refractivity (Wildman–Crippen MR) is 66.1 cm³/mol. The van der Waals surface area contributed by atoms with Gasteiger partial charge in [-0.1, -0.05) is 0 Å². The van der Waals surface area contributed by atoms with E-state index < -0.39 is 11.7 Å². The third kappa shape index (κ3) is 2.28. The van der Waals surface area contributed by atoms with E-state index in [2.05, 4.69) is 20.9 Å². The molecule has 17 heavy (non-hydrogen) atoms. The molecule has 1 amide bonds. The second kappa shape index (κ2) is 4.62. The first kappa shape index (κ1) is 12.3. The van der Waals surface area contributed by atoms with Gasteiger partial charge in [-0.05, 0) is 22.0 Å². The molecule has 1 aromatic carbocycles. The highest BCUT2D eigenvalue weighted by Crippen LogP contribution is 2.24. The molecule has 0 aliphatic carbocycles. The SMILES string of the molecule is NC(=O)Cn1c(CCl)nc2cc(Br)c(F)cc21. The maximum absolute atomic E-state index is 13.4. The first-order valence-electron chi connectivity index (χ1n) is 4.71. The van der Waals surface area contributed by atoms with Gasteiger partial charge in [0.2, 0.25) is 5.91 Å². The van der Waals surface area contributed by atoms with Crippen LogP contribution in [0.2, 0.25) is 0 Å². The number of imidazole rings is 1. The fourth-order valence-electron chi connectivity index (χ4n) is 1.60. The number of aromatic nitrogens is 2. The lowest BCUT2D eigenvalue weighted by molar-refractivity contribution is -0.118. The van der Waals surface area contributed by atoms with Gasteiger partial charge in [0, 0.05) is 6.07 Å². The molecule has 1 aromatic heterocycles. The van der Waals surface area contributed by atoms with Gasteiger partial charge in [0.25, 0.3) is 0 Å². The van der Waals surface area contributed by atoms with Crippen LogP contribution in [0, 0.1) is 5.82 Å². The summed E-state index contributed by atoms with van der Waals surface area (Å²) in [5, 5.41) is 0. The monoisotopic (exact) mass is 319 g/mol. The number of primary amides is 1. The van der Waals surface area contributed by atoms with Crippen molar-refractivity contribution in [2.75, 3.05) is 0 Å². The second-order valence-corrected chi connectivity index (χ2v) is 4.59. The molecule has 0 spiro atoms. The normalized spacial score (nSPS) is 11.0. The average molecular weight is 321 g/mol. The van der Waals surface area contributed by atoms with Crippen LogP contribution in [0.3, 0.4) is 0 Å². The molecule has 2 N–H and O–H groups in total. The summed E-state index contributed by atoms with van der Waals surface area (Å²) in [6.07, 6.45) is 0. The minimum atomic E-state index is -0.529. The van der Waals surface area contributed by atoms with Crippen LogP contribution in [-0.4, -0.2) is 15.5 Å². The summed E-state index contributed by atoms with van der Waals surface area (Å²) < 4.78 is 15.3. The Labute approximate surface area is 110 Å². The van der Waals surface area contributed by atoms with Crippen LogP contribution in [-0.2, 0) is 17.2 Å². The number of benzene rings is 1. The van der Waals surface area contributed by atoms with Gasteiger partial charge in [0.15, 0.2) is 0 Å². The molecule has 0 bridgehead atoms. The molecule has 0 saturated heterocycles. The number of alkyl halides is 1. The highest BCUT2D eigenvalue weighted by Gasteiger charge is 2.14. The maximum atomic E-state index is 13.4. The maximum Gasteiger partial charge on any atom is 0.237 e. The van der Waals surface area contributed by atoms with E-state index in [1.54, 1.807) is 0 Å². The molecule has 0 radical (unpaired) electrons. The standard InChI is InChI=1S/C10H8BrClFN3O/c11-5-1-7-8(2-6(5)13)16(4-9(14)17)10(3-12)15-7/h1-2H,3-4H2,(H2,14,17). The molecular formula is C10H8BrClFN3O. The lowest BCUT2D eigenvalue weighted by Crippen LogP contribution is -2.19. The van der Waals surface area contributed by atoms with E-state index in [-0.39, 0.29) is 12.4 Å². The van der Waals surface area contributed by atoms with Crippen LogP contribution in [0.1, 0.15) is 5.82 Å². The number of carbonyl (C=O) groups excluding carboxylic acids is 1. The van der Waals surface area contributed by atoms with Crippen molar-refractivity contribution in [2.45, 2.75) is 12.4 Å². The highest BCUT2D eigenvalue weighted by atomic mass is 79.9. The molecule has 1 heterocycles. The fraction of sp³-hybridized carbons (Fsp3) is 0.200. The van der Waals surface area contributed by atoms with Crippen molar-refractivity contribution in [3.05, 3.63) is 28.2 Å². The first-order chi connectivity index (χ1) is 8.02. The molecule has 2 rings (SSSR count). The van der Waals surface area contributed by atoms with Crippen LogP contribution in [0.25, 0.3) is 11.0 Å². The molecule has 0 atom stereocenters. The summed E-state index contributed by atoms with van der Waals surface area (Å²) in [7, 11) is 0. The zero-order chi connectivity index (χ0) is 12.6. The number of nitrogens with two attached hydrogens (primary N) is 1. The topological polar surface area (TPSA) is 60.9 Å². The number of hydrogen-bond acceptors (Lipinski definition) is 2. The van der Waals surface area contributed by atoms with Gasteiger partial charge in [0.05, 0.1) is 21.4 Å². The Kier molecular flexibility index (Phi) is 3.35. The zero-order valence-electron chi connectivity index (χ0n) is 8.58. The van der Waals surface area contributed by atoms with Crippen LogP contribution in [0.4, 0.5) is 4.39 Å². The second-order valence-electron chi connectivity index (χ2n) is 3.47. The van der Waals surface area contributed by atoms with Gasteiger partial charge >= 0.3 is 0 Å². The molecule has 4 nitrogen and oxygen atoms in total. The molecular weight excluding hydrogens is 312 g/mol. The Morgan fingerprint density at radius 1 is 1.59 bits per heavy atom. The third-order valence-electron chi connectivity index (χ3n) is 2.30. The van der Waals surface area contributed by atoms with Crippen LogP contribution in [0.5, 0.6) is 0 Å². The van der Waals surface area contributed by atoms with Crippen LogP contribution >= 0.6 is 27.5 Å². The Morgan fingerprint density at radius 3 is 2.88 bits per heavy atom. The van der Waals surface area contributed by atoms with Gasteiger partial charge in [-0.25, -0.2) is 9.37 Å². The van der Waals surface area contributed by atoms with Gasteiger partial charge in [-0.2, -0.15) is 0 Å². The van der Waals surface area contributed by atoms with Crippen molar-refractivity contribution in [2.24, 2.45) is 5.73 Å². The van der Waals surface area contributed by atoms with Crippen molar-refractivity contribution in [1.82, 2.24) is 9.55 Å². The number of halogens is 3. The predicted octanol–water partition coefficient (Wildman–Crippen LogP) is 2.16. The van der Waals surface area contributed by atoms with Crippen LogP contribution in [0.15, 0.2) is 16.6 Å². The van der Waals surface area contributed by atoms with Crippen molar-refractivity contribution in [1.29, 1.82) is 0 Å². The van der Waals surface area contributed by atoms with Crippen molar-refractivity contribution < 1.29 is 9.18 Å². The van der Waals surface area contributed by atoms with Gasteiger partial charge < -0.3 is 10.3 Å². The summed E-state index contributed by atoms with van der Waals surface area (Å²) in [5.41, 5.74) is 6.20. The van der Waals surface area contributed by atoms with Gasteiger partial charge in [-0.15, -0.1) is 11.6 Å². The van der Waals surface area contributed by atoms with Crippen molar-refractivity contribution in [3.63, 3.8) is 0 Å². The van der Waals surface area contributed by atoms with Gasteiger partial charge in [0.1, 0.15) is 18.2 Å². The summed E-state index contributed by atoms with van der Waals surface area (Å²) in [5.74, 6) is -0.345. The van der Waals surface area contributed by atoms with Crippen molar-refractivity contribution >= 4 is 44.5 Å². The quantitative estimate of drug-likeness (QED) is 0.881. The molecule has 0 saturated carbocycles. The number of hydrogen-bond donors (Lipinski definition) is 1. The third-order valence-corrected chi connectivity index (χ3v) is 3.15. The summed E-state index contributed by atoms with van der Waals surface area (Å²) in [4.78, 5) is 15.2. The van der Waals surface area contributed by atoms with E-state index in [1.165, 1.54) is 16.7 Å². The van der Waals surface area contributed by atoms with E-state index in [4.69, 9.17) is 17.3 Å². The van der Waals surface area contributed by atoms with E-state index >= 15 is 0 Å². The molecule has 0 unspecified atom stereocenters. The smallest absolute Gasteiger partial charge is 0.237 e. The highest BCUT2D eigenvalue weighted by molar-refractivity contribution is 9.10. The number of amides is 1. The lowest BCUT2D eigenvalue weighted by atomic mass is 10.3. The summed E-state index contributed by atoms with van der Waals surface area (Å²) in [6, 6.07) is 2.84. The number of fused-ring (bicyclic) bond motifs is 1. The Bertz CT molecular complexity index is 599. The minimum absolute atomic E-state index is 0.0698. The zero-order valence-corrected chi connectivity index (χ0v) is 10.9. The lowest BCUT2D eigenvalue weighted by Gasteiger charge is -2.04. The molecule has 0 aliphatic rings. The molecule has 2 aromatic rings. The molecule has 7 heteroatoms. The first-order valence-corrected chi connectivity index (χ1v) is 6.04. The van der Waals surface area contributed by atoms with Crippen LogP contribution < -0.4 is 5.73 Å². The van der Waals surface area contributed by atoms with Crippen molar-refractivity contribution in [3.8, 4) is 0 Å². The van der Waals surface area contributed by atoms with E-state index in [1.807, 2.05) is 0 Å². The largest absolute Gasteiger partial charge is 0.368 e. The molecule has 0 aliphatic heterocycles. The number of nitrogens with zero attached hydrogens (tertiary/aromatic N) is 2. The van der Waals surface area contributed by atoms with E-state index in [0.29, 0.717) is 21.3 Å². The van der Waals surface area contributed by atoms with E-state index in [0.717, 1.165) is 0 Å². The summed E-state index contributed by atoms with van der Waals surface area (Å²) in [6.45, 7) is -0.0698. The minimum Gasteiger partial charge on any atom is -0.368 e. The van der Waals surface area contributed by atoms with E-state index in [9.17, 15) is 9.18 Å². The Hall–Kier alpha value is -1.14. The number of rotatable bonds is 3. The molecule has 90 valence electrons. The molecule has 0 fully saturated rings. The Morgan fingerprint density at radius 2 is 2.29 bits per heavy atom. The average Bonchev–Trinajstić information content (AvgIpc) is 2.57. The Balaban J connectivity index is 2.69. The number of carbonyl (C=O) groups is 1. The summed E-state index contributed by atoms with van der Waals surface area (Å²) >= 11 is 8.80. The van der Waals surface area contributed by atoms with Gasteiger partial charge in [-0.3, -0.25) is 4.79 Å². The fourth-order valence-corrected chi connectivity index (χ4v) is 2.14.